The van der Waals surface area contributed by atoms with E-state index in [1.54, 1.807) is 23.3 Å². The second-order valence-corrected chi connectivity index (χ2v) is 7.53. The second-order valence-electron chi connectivity index (χ2n) is 4.26. The van der Waals surface area contributed by atoms with Crippen LogP contribution in [0.1, 0.15) is 28.7 Å². The van der Waals surface area contributed by atoms with E-state index >= 15 is 0 Å². The van der Waals surface area contributed by atoms with Crippen molar-refractivity contribution in [3.8, 4) is 0 Å². The van der Waals surface area contributed by atoms with Gasteiger partial charge in [-0.3, -0.25) is 4.79 Å². The second kappa shape index (κ2) is 7.14. The molecule has 0 bridgehead atoms. The van der Waals surface area contributed by atoms with Gasteiger partial charge >= 0.3 is 0 Å². The minimum absolute atomic E-state index is 0.102. The van der Waals surface area contributed by atoms with Crippen molar-refractivity contribution in [2.24, 2.45) is 0 Å². The number of aromatic nitrogens is 2. The Hall–Kier alpha value is -0.990. The molecule has 0 fully saturated rings. The summed E-state index contributed by atoms with van der Waals surface area (Å²) in [5.74, 6) is -0.102. The Morgan fingerprint density at radius 1 is 1.50 bits per heavy atom. The van der Waals surface area contributed by atoms with Gasteiger partial charge in [0.1, 0.15) is 0 Å². The lowest BCUT2D eigenvalue weighted by molar-refractivity contribution is 0.0784. The summed E-state index contributed by atoms with van der Waals surface area (Å²) in [6.45, 7) is 3.48. The molecule has 2 aromatic rings. The number of nitrogens with zero attached hydrogens (tertiary/aromatic N) is 3. The number of hydrogen-bond acceptors (Lipinski definition) is 6. The number of anilines is 1. The summed E-state index contributed by atoms with van der Waals surface area (Å²) >= 11 is 6.32. The van der Waals surface area contributed by atoms with Gasteiger partial charge < -0.3 is 10.2 Å². The van der Waals surface area contributed by atoms with E-state index in [-0.39, 0.29) is 5.91 Å². The molecule has 0 unspecified atom stereocenters. The predicted octanol–water partition coefficient (Wildman–Crippen LogP) is 3.46. The molecule has 0 aromatic carbocycles. The molecule has 2 aromatic heterocycles. The van der Waals surface area contributed by atoms with Gasteiger partial charge in [-0.25, -0.2) is 0 Å². The Morgan fingerprint density at radius 2 is 2.30 bits per heavy atom. The molecule has 0 saturated heterocycles. The van der Waals surface area contributed by atoms with Crippen LogP contribution in [0.5, 0.6) is 0 Å². The molecule has 1 amide bonds. The molecule has 20 heavy (non-hydrogen) atoms. The average Bonchev–Trinajstić information content (AvgIpc) is 3.04. The largest absolute Gasteiger partial charge is 0.360 e. The molecule has 0 radical (unpaired) electrons. The third-order valence-corrected chi connectivity index (χ3v) is 4.94. The Bertz CT molecular complexity index is 584. The van der Waals surface area contributed by atoms with Crippen LogP contribution in [0.4, 0.5) is 5.13 Å². The molecular formula is C12H15BrN4OS2. The van der Waals surface area contributed by atoms with Crippen LogP contribution in [0.25, 0.3) is 0 Å². The number of nitrogens with one attached hydrogen (secondary N) is 1. The molecule has 5 nitrogen and oxygen atoms in total. The SMILES string of the molecule is CCCNc1nnc(C(=O)N(C)Cc2csc(Br)c2)s1. The quantitative estimate of drug-likeness (QED) is 0.840. The molecule has 2 rings (SSSR count). The van der Waals surface area contributed by atoms with Crippen molar-refractivity contribution in [1.29, 1.82) is 0 Å². The summed E-state index contributed by atoms with van der Waals surface area (Å²) in [5.41, 5.74) is 1.10. The van der Waals surface area contributed by atoms with E-state index in [0.29, 0.717) is 16.7 Å². The third kappa shape index (κ3) is 4.00. The highest BCUT2D eigenvalue weighted by atomic mass is 79.9. The van der Waals surface area contributed by atoms with Crippen LogP contribution < -0.4 is 5.32 Å². The zero-order valence-electron chi connectivity index (χ0n) is 11.2. The fourth-order valence-electron chi connectivity index (χ4n) is 1.55. The predicted molar refractivity (Wildman–Crippen MR) is 86.5 cm³/mol. The first-order valence-corrected chi connectivity index (χ1v) is 8.64. The van der Waals surface area contributed by atoms with Gasteiger partial charge in [0, 0.05) is 20.1 Å². The monoisotopic (exact) mass is 374 g/mol. The van der Waals surface area contributed by atoms with Gasteiger partial charge in [0.2, 0.25) is 10.1 Å². The smallest absolute Gasteiger partial charge is 0.284 e. The number of halogens is 1. The Kier molecular flexibility index (Phi) is 5.50. The highest BCUT2D eigenvalue weighted by molar-refractivity contribution is 9.11. The van der Waals surface area contributed by atoms with E-state index < -0.39 is 0 Å². The fourth-order valence-corrected chi connectivity index (χ4v) is 3.51. The Balaban J connectivity index is 1.97. The average molecular weight is 375 g/mol. The lowest BCUT2D eigenvalue weighted by atomic mass is 10.3. The summed E-state index contributed by atoms with van der Waals surface area (Å²) in [7, 11) is 1.77. The number of carbonyl (C=O) groups excluding carboxylic acids is 1. The standard InChI is InChI=1S/C12H15BrN4OS2/c1-3-4-14-12-16-15-10(20-12)11(18)17(2)6-8-5-9(13)19-7-8/h5,7H,3-4,6H2,1-2H3,(H,14,16). The van der Waals surface area contributed by atoms with E-state index in [9.17, 15) is 4.79 Å². The third-order valence-electron chi connectivity index (χ3n) is 2.52. The van der Waals surface area contributed by atoms with Crippen LogP contribution in [-0.2, 0) is 6.54 Å². The molecular weight excluding hydrogens is 360 g/mol. The van der Waals surface area contributed by atoms with E-state index in [2.05, 4.69) is 38.4 Å². The fraction of sp³-hybridized carbons (Fsp3) is 0.417. The van der Waals surface area contributed by atoms with E-state index in [4.69, 9.17) is 0 Å². The van der Waals surface area contributed by atoms with Crippen molar-refractivity contribution >= 4 is 49.6 Å². The van der Waals surface area contributed by atoms with Gasteiger partial charge in [-0.05, 0) is 39.4 Å². The van der Waals surface area contributed by atoms with Crippen molar-refractivity contribution in [2.75, 3.05) is 18.9 Å². The first-order chi connectivity index (χ1) is 9.60. The van der Waals surface area contributed by atoms with Crippen LogP contribution in [0.15, 0.2) is 15.2 Å². The topological polar surface area (TPSA) is 58.1 Å². The minimum atomic E-state index is -0.102. The zero-order valence-corrected chi connectivity index (χ0v) is 14.4. The minimum Gasteiger partial charge on any atom is -0.360 e. The molecule has 0 aliphatic rings. The maximum atomic E-state index is 12.2. The summed E-state index contributed by atoms with van der Waals surface area (Å²) in [4.78, 5) is 13.9. The van der Waals surface area contributed by atoms with E-state index in [1.807, 2.05) is 11.4 Å². The van der Waals surface area contributed by atoms with Gasteiger partial charge in [0.25, 0.3) is 5.91 Å². The number of hydrogen-bond donors (Lipinski definition) is 1. The van der Waals surface area contributed by atoms with Gasteiger partial charge in [-0.15, -0.1) is 21.5 Å². The Labute approximate surface area is 134 Å². The number of carbonyl (C=O) groups is 1. The lowest BCUT2D eigenvalue weighted by Crippen LogP contribution is -2.25. The highest BCUT2D eigenvalue weighted by Crippen LogP contribution is 2.22. The lowest BCUT2D eigenvalue weighted by Gasteiger charge is -2.14. The molecule has 0 aliphatic heterocycles. The van der Waals surface area contributed by atoms with Crippen LogP contribution in [-0.4, -0.2) is 34.6 Å². The van der Waals surface area contributed by atoms with Crippen molar-refractivity contribution in [1.82, 2.24) is 15.1 Å². The summed E-state index contributed by atoms with van der Waals surface area (Å²) in [6, 6.07) is 2.02. The first-order valence-electron chi connectivity index (χ1n) is 6.16. The molecule has 0 aliphatic carbocycles. The molecule has 108 valence electrons. The summed E-state index contributed by atoms with van der Waals surface area (Å²) < 4.78 is 1.07. The van der Waals surface area contributed by atoms with Gasteiger partial charge in [-0.1, -0.05) is 18.3 Å². The number of amides is 1. The molecule has 1 N–H and O–H groups in total. The zero-order chi connectivity index (χ0) is 14.5. The van der Waals surface area contributed by atoms with E-state index in [1.165, 1.54) is 11.3 Å². The van der Waals surface area contributed by atoms with Crippen LogP contribution in [0.3, 0.4) is 0 Å². The number of rotatable bonds is 6. The molecule has 0 saturated carbocycles. The normalized spacial score (nSPS) is 10.6. The van der Waals surface area contributed by atoms with Crippen molar-refractivity contribution in [2.45, 2.75) is 19.9 Å². The molecule has 0 atom stereocenters. The van der Waals surface area contributed by atoms with E-state index in [0.717, 1.165) is 22.3 Å². The van der Waals surface area contributed by atoms with Crippen molar-refractivity contribution < 1.29 is 4.79 Å². The maximum Gasteiger partial charge on any atom is 0.284 e. The highest BCUT2D eigenvalue weighted by Gasteiger charge is 2.17. The van der Waals surface area contributed by atoms with Crippen LogP contribution >= 0.6 is 38.6 Å². The van der Waals surface area contributed by atoms with Crippen LogP contribution in [0.2, 0.25) is 0 Å². The van der Waals surface area contributed by atoms with Crippen molar-refractivity contribution in [3.63, 3.8) is 0 Å². The van der Waals surface area contributed by atoms with Gasteiger partial charge in [-0.2, -0.15) is 0 Å². The number of thiophene rings is 1. The molecule has 0 spiro atoms. The summed E-state index contributed by atoms with van der Waals surface area (Å²) in [6.07, 6.45) is 1.01. The molecule has 8 heteroatoms. The van der Waals surface area contributed by atoms with Gasteiger partial charge in [0.05, 0.1) is 3.79 Å². The maximum absolute atomic E-state index is 12.2. The molecule has 2 heterocycles. The van der Waals surface area contributed by atoms with Crippen LogP contribution in [0, 0.1) is 0 Å². The van der Waals surface area contributed by atoms with Gasteiger partial charge in [0.15, 0.2) is 0 Å². The Morgan fingerprint density at radius 3 is 2.95 bits per heavy atom. The first kappa shape index (κ1) is 15.4. The van der Waals surface area contributed by atoms with Crippen molar-refractivity contribution in [3.05, 3.63) is 25.8 Å². The summed E-state index contributed by atoms with van der Waals surface area (Å²) in [5, 5.41) is 14.2.